The number of anilines is 1. The van der Waals surface area contributed by atoms with Crippen molar-refractivity contribution in [3.05, 3.63) is 89.7 Å². The summed E-state index contributed by atoms with van der Waals surface area (Å²) in [5.74, 6) is 0. The normalized spacial score (nSPS) is 10.0. The van der Waals surface area contributed by atoms with E-state index in [1.807, 2.05) is 12.1 Å². The number of benzene rings is 2. The fraction of sp³-hybridized carbons (Fsp3) is 0. The Morgan fingerprint density at radius 2 is 1.58 bits per heavy atom. The van der Waals surface area contributed by atoms with Gasteiger partial charge in [-0.2, -0.15) is 0 Å². The van der Waals surface area contributed by atoms with Crippen molar-refractivity contribution < 1.29 is 18.9 Å². The molecular formula is C17H15N4O4P. The Bertz CT molecular complexity index is 880. The van der Waals surface area contributed by atoms with Crippen LogP contribution in [-0.2, 0) is 4.57 Å². The highest BCUT2D eigenvalue weighted by molar-refractivity contribution is 7.77. The van der Waals surface area contributed by atoms with Crippen LogP contribution in [0, 0.1) is 0 Å². The first kappa shape index (κ1) is 18.9. The molecule has 9 heteroatoms. The summed E-state index contributed by atoms with van der Waals surface area (Å²) in [6, 6.07) is 19.1. The molecule has 0 unspecified atom stereocenters. The third-order valence-corrected chi connectivity index (χ3v) is 5.48. The van der Waals surface area contributed by atoms with E-state index in [0.29, 0.717) is 16.3 Å². The summed E-state index contributed by atoms with van der Waals surface area (Å²) >= 11 is 0. The first-order valence-corrected chi connectivity index (χ1v) is 9.02. The molecule has 0 aliphatic rings. The molecule has 0 saturated heterocycles. The van der Waals surface area contributed by atoms with Crippen molar-refractivity contribution in [2.45, 2.75) is 0 Å². The van der Waals surface area contributed by atoms with Crippen molar-refractivity contribution in [1.82, 2.24) is 0 Å². The first-order chi connectivity index (χ1) is 12.6. The Labute approximate surface area is 149 Å². The average Bonchev–Trinajstić information content (AvgIpc) is 3.16. The van der Waals surface area contributed by atoms with Crippen molar-refractivity contribution in [2.75, 3.05) is 5.32 Å². The molecule has 2 aromatic carbocycles. The minimum absolute atomic E-state index is 0.447. The van der Waals surface area contributed by atoms with E-state index in [1.54, 1.807) is 48.5 Å². The predicted molar refractivity (Wildman–Crippen MR) is 99.3 cm³/mol. The quantitative estimate of drug-likeness (QED) is 0.301. The topological polar surface area (TPSA) is 128 Å². The van der Waals surface area contributed by atoms with Gasteiger partial charge in [-0.25, -0.2) is 4.79 Å². The van der Waals surface area contributed by atoms with Crippen LogP contribution >= 0.6 is 7.29 Å². The van der Waals surface area contributed by atoms with Gasteiger partial charge in [0.2, 0.25) is 7.29 Å². The van der Waals surface area contributed by atoms with E-state index in [1.165, 1.54) is 18.6 Å². The molecule has 1 heterocycles. The number of amides is 1. The Morgan fingerprint density at radius 3 is 1.96 bits per heavy atom. The lowest BCUT2D eigenvalue weighted by Crippen LogP contribution is -2.13. The SMILES string of the molecule is O=C(O)Nc1ccoc1.[N-]=[N+]=NP(=O)(c1ccccc1)c1ccccc1. The van der Waals surface area contributed by atoms with Crippen molar-refractivity contribution in [1.29, 1.82) is 0 Å². The number of furan rings is 1. The predicted octanol–water partition coefficient (Wildman–Crippen LogP) is 4.60. The van der Waals surface area contributed by atoms with Crippen LogP contribution in [0.3, 0.4) is 0 Å². The van der Waals surface area contributed by atoms with Gasteiger partial charge in [0.05, 0.1) is 12.0 Å². The summed E-state index contributed by atoms with van der Waals surface area (Å²) < 4.78 is 17.4. The molecule has 26 heavy (non-hydrogen) atoms. The zero-order valence-corrected chi connectivity index (χ0v) is 14.4. The van der Waals surface area contributed by atoms with E-state index in [0.717, 1.165) is 0 Å². The molecule has 132 valence electrons. The minimum Gasteiger partial charge on any atom is -0.470 e. The van der Waals surface area contributed by atoms with Gasteiger partial charge in [-0.1, -0.05) is 60.7 Å². The summed E-state index contributed by atoms with van der Waals surface area (Å²) in [5, 5.41) is 11.3. The Balaban J connectivity index is 0.000000228. The van der Waals surface area contributed by atoms with Gasteiger partial charge in [0.25, 0.3) is 0 Å². The second-order valence-electron chi connectivity index (χ2n) is 4.87. The molecule has 0 saturated carbocycles. The van der Waals surface area contributed by atoms with Gasteiger partial charge < -0.3 is 14.1 Å². The number of azide groups is 1. The van der Waals surface area contributed by atoms with Gasteiger partial charge >= 0.3 is 6.09 Å². The maximum absolute atomic E-state index is 12.8. The smallest absolute Gasteiger partial charge is 0.409 e. The largest absolute Gasteiger partial charge is 0.470 e. The molecule has 3 rings (SSSR count). The van der Waals surface area contributed by atoms with Crippen LogP contribution in [0.1, 0.15) is 0 Å². The van der Waals surface area contributed by atoms with Crippen LogP contribution in [0.5, 0.6) is 0 Å². The lowest BCUT2D eigenvalue weighted by atomic mass is 10.4. The van der Waals surface area contributed by atoms with Crippen molar-refractivity contribution in [3.8, 4) is 0 Å². The molecule has 0 aliphatic carbocycles. The van der Waals surface area contributed by atoms with Gasteiger partial charge in [-0.15, -0.1) is 0 Å². The fourth-order valence-electron chi connectivity index (χ4n) is 2.03. The van der Waals surface area contributed by atoms with E-state index >= 15 is 0 Å². The fourth-order valence-corrected chi connectivity index (χ4v) is 3.80. The maximum atomic E-state index is 12.8. The van der Waals surface area contributed by atoms with E-state index in [2.05, 4.69) is 19.5 Å². The van der Waals surface area contributed by atoms with Gasteiger partial charge in [0, 0.05) is 21.6 Å². The molecule has 0 aliphatic heterocycles. The summed E-state index contributed by atoms with van der Waals surface area (Å²) in [6.45, 7) is 0. The molecule has 3 aromatic rings. The Kier molecular flexibility index (Phi) is 6.62. The van der Waals surface area contributed by atoms with E-state index in [9.17, 15) is 9.36 Å². The van der Waals surface area contributed by atoms with Gasteiger partial charge in [-0.3, -0.25) is 5.32 Å². The number of nitrogens with one attached hydrogen (secondary N) is 1. The van der Waals surface area contributed by atoms with E-state index in [-0.39, 0.29) is 0 Å². The zero-order chi connectivity index (χ0) is 18.8. The molecule has 0 radical (unpaired) electrons. The summed E-state index contributed by atoms with van der Waals surface area (Å²) in [5.41, 5.74) is 9.06. The van der Waals surface area contributed by atoms with Crippen LogP contribution in [0.25, 0.3) is 10.4 Å². The van der Waals surface area contributed by atoms with Crippen molar-refractivity contribution in [2.24, 2.45) is 4.88 Å². The second kappa shape index (κ2) is 9.13. The van der Waals surface area contributed by atoms with Crippen LogP contribution < -0.4 is 15.9 Å². The molecule has 2 N–H and O–H groups in total. The first-order valence-electron chi connectivity index (χ1n) is 7.36. The standard InChI is InChI=1S/C12H10N3OP.C5H5NO3/c13-14-15-17(16,11-7-3-1-4-8-11)12-9-5-2-6-10-12;7-5(8)6-4-1-2-9-3-4/h1-10H;1-3,6H,(H,7,8). The van der Waals surface area contributed by atoms with Crippen molar-refractivity contribution in [3.63, 3.8) is 0 Å². The second-order valence-corrected chi connectivity index (χ2v) is 7.23. The number of hydrogen-bond donors (Lipinski definition) is 2. The molecule has 0 fully saturated rings. The van der Waals surface area contributed by atoms with Crippen LogP contribution in [0.2, 0.25) is 0 Å². The third-order valence-electron chi connectivity index (χ3n) is 3.15. The highest BCUT2D eigenvalue weighted by Gasteiger charge is 2.25. The van der Waals surface area contributed by atoms with Gasteiger partial charge in [-0.05, 0) is 10.4 Å². The lowest BCUT2D eigenvalue weighted by molar-refractivity contribution is 0.209. The average molecular weight is 370 g/mol. The number of carbonyl (C=O) groups is 1. The molecule has 8 nitrogen and oxygen atoms in total. The van der Waals surface area contributed by atoms with E-state index < -0.39 is 13.4 Å². The van der Waals surface area contributed by atoms with Gasteiger partial charge in [0.1, 0.15) is 6.26 Å². The maximum Gasteiger partial charge on any atom is 0.409 e. The summed E-state index contributed by atoms with van der Waals surface area (Å²) in [4.78, 5) is 16.2. The van der Waals surface area contributed by atoms with Crippen LogP contribution in [0.15, 0.2) is 88.6 Å². The number of hydrogen-bond acceptors (Lipinski definition) is 3. The van der Waals surface area contributed by atoms with Crippen molar-refractivity contribution >= 4 is 29.7 Å². The molecule has 1 aromatic heterocycles. The summed E-state index contributed by atoms with van der Waals surface area (Å²) in [6.07, 6.45) is 1.62. The molecule has 0 bridgehead atoms. The van der Waals surface area contributed by atoms with Crippen LogP contribution in [-0.4, -0.2) is 11.2 Å². The number of rotatable bonds is 4. The van der Waals surface area contributed by atoms with E-state index in [4.69, 9.17) is 10.6 Å². The highest BCUT2D eigenvalue weighted by atomic mass is 31.2. The number of nitrogens with zero attached hydrogens (tertiary/aromatic N) is 3. The molecule has 0 atom stereocenters. The number of carboxylic acid groups (broad SMARTS) is 1. The monoisotopic (exact) mass is 370 g/mol. The summed E-state index contributed by atoms with van der Waals surface area (Å²) in [7, 11) is -3.22. The zero-order valence-electron chi connectivity index (χ0n) is 13.5. The third kappa shape index (κ3) is 5.01. The highest BCUT2D eigenvalue weighted by Crippen LogP contribution is 2.44. The molecular weight excluding hydrogens is 355 g/mol. The van der Waals surface area contributed by atoms with Crippen LogP contribution in [0.4, 0.5) is 10.5 Å². The van der Waals surface area contributed by atoms with Gasteiger partial charge in [0.15, 0.2) is 0 Å². The minimum atomic E-state index is -3.22. The molecule has 1 amide bonds. The lowest BCUT2D eigenvalue weighted by Gasteiger charge is -2.12. The molecule has 0 spiro atoms. The Hall–Kier alpha value is -3.47. The Morgan fingerprint density at radius 1 is 1.04 bits per heavy atom.